The Bertz CT molecular complexity index is 468. The summed E-state index contributed by atoms with van der Waals surface area (Å²) < 4.78 is 0.790. The molecule has 0 fully saturated rings. The Hall–Kier alpha value is -1.85. The first kappa shape index (κ1) is 9.24. The molecule has 0 radical (unpaired) electrons. The largest absolute Gasteiger partial charge is 0.494 e. The zero-order chi connectivity index (χ0) is 10.2. The predicted octanol–water partition coefficient (Wildman–Crippen LogP) is -1.02. The van der Waals surface area contributed by atoms with Crippen LogP contribution >= 0.6 is 0 Å². The van der Waals surface area contributed by atoms with Crippen molar-refractivity contribution in [3.05, 3.63) is 26.4 Å². The van der Waals surface area contributed by atoms with Crippen LogP contribution in [0.15, 0.2) is 9.59 Å². The summed E-state index contributed by atoms with van der Waals surface area (Å²) in [4.78, 5) is 34.6. The van der Waals surface area contributed by atoms with E-state index in [1.54, 1.807) is 0 Å². The Morgan fingerprint density at radius 3 is 2.46 bits per heavy atom. The molecule has 0 aliphatic heterocycles. The van der Waals surface area contributed by atoms with Gasteiger partial charge in [0.15, 0.2) is 5.78 Å². The summed E-state index contributed by atoms with van der Waals surface area (Å²) in [5, 5.41) is 9.25. The van der Waals surface area contributed by atoms with Crippen LogP contribution in [0.25, 0.3) is 0 Å². The van der Waals surface area contributed by atoms with Gasteiger partial charge in [0.05, 0.1) is 0 Å². The fourth-order valence-corrected chi connectivity index (χ4v) is 0.926. The zero-order valence-corrected chi connectivity index (χ0v) is 7.12. The number of nitrogens with zero attached hydrogens (tertiary/aromatic N) is 1. The molecule has 0 atom stereocenters. The third kappa shape index (κ3) is 1.37. The van der Waals surface area contributed by atoms with Crippen LogP contribution in [0.5, 0.6) is 5.88 Å². The van der Waals surface area contributed by atoms with Crippen LogP contribution in [0.3, 0.4) is 0 Å². The van der Waals surface area contributed by atoms with E-state index in [0.717, 1.165) is 11.5 Å². The summed E-state index contributed by atoms with van der Waals surface area (Å²) in [7, 11) is 1.25. The lowest BCUT2D eigenvalue weighted by Crippen LogP contribution is -2.31. The molecular weight excluding hydrogens is 176 g/mol. The molecule has 1 rings (SSSR count). The number of aromatic amines is 1. The van der Waals surface area contributed by atoms with Crippen LogP contribution in [-0.4, -0.2) is 20.4 Å². The summed E-state index contributed by atoms with van der Waals surface area (Å²) >= 11 is 0. The maximum Gasteiger partial charge on any atom is 0.330 e. The Balaban J connectivity index is 3.73. The summed E-state index contributed by atoms with van der Waals surface area (Å²) in [6.07, 6.45) is 0. The van der Waals surface area contributed by atoms with Crippen molar-refractivity contribution in [1.29, 1.82) is 0 Å². The number of hydrogen-bond donors (Lipinski definition) is 2. The van der Waals surface area contributed by atoms with Gasteiger partial charge >= 0.3 is 5.69 Å². The van der Waals surface area contributed by atoms with Gasteiger partial charge in [0.1, 0.15) is 5.56 Å². The second-order valence-corrected chi connectivity index (χ2v) is 2.57. The van der Waals surface area contributed by atoms with Crippen molar-refractivity contribution in [3.63, 3.8) is 0 Å². The maximum atomic E-state index is 11.0. The molecule has 1 aromatic heterocycles. The Kier molecular flexibility index (Phi) is 2.05. The molecule has 0 aromatic carbocycles. The smallest absolute Gasteiger partial charge is 0.330 e. The number of carbonyl (C=O) groups is 1. The average molecular weight is 184 g/mol. The Morgan fingerprint density at radius 1 is 1.46 bits per heavy atom. The molecule has 0 unspecified atom stereocenters. The van der Waals surface area contributed by atoms with E-state index in [4.69, 9.17) is 0 Å². The second-order valence-electron chi connectivity index (χ2n) is 2.57. The third-order valence-corrected chi connectivity index (χ3v) is 1.65. The van der Waals surface area contributed by atoms with Gasteiger partial charge < -0.3 is 5.11 Å². The minimum atomic E-state index is -0.867. The van der Waals surface area contributed by atoms with Crippen molar-refractivity contribution in [2.45, 2.75) is 6.92 Å². The van der Waals surface area contributed by atoms with Gasteiger partial charge in [-0.05, 0) is 6.92 Å². The van der Waals surface area contributed by atoms with Gasteiger partial charge in [-0.1, -0.05) is 0 Å². The van der Waals surface area contributed by atoms with Crippen molar-refractivity contribution >= 4 is 5.78 Å². The Labute approximate surface area is 72.5 Å². The van der Waals surface area contributed by atoms with Gasteiger partial charge in [0.25, 0.3) is 5.56 Å². The van der Waals surface area contributed by atoms with Crippen LogP contribution in [0.2, 0.25) is 0 Å². The number of aromatic hydroxyl groups is 1. The molecule has 13 heavy (non-hydrogen) atoms. The molecule has 0 spiro atoms. The second kappa shape index (κ2) is 2.89. The van der Waals surface area contributed by atoms with Crippen molar-refractivity contribution in [2.75, 3.05) is 0 Å². The van der Waals surface area contributed by atoms with E-state index in [0.29, 0.717) is 0 Å². The number of Topliss-reactive ketones (excluding diaryl/α,β-unsaturated/α-hetero) is 1. The van der Waals surface area contributed by atoms with Gasteiger partial charge in [0.2, 0.25) is 5.88 Å². The summed E-state index contributed by atoms with van der Waals surface area (Å²) in [6, 6.07) is 0. The van der Waals surface area contributed by atoms with Gasteiger partial charge in [-0.25, -0.2) is 4.79 Å². The van der Waals surface area contributed by atoms with Crippen molar-refractivity contribution in [2.24, 2.45) is 7.05 Å². The van der Waals surface area contributed by atoms with Crippen LogP contribution in [0.1, 0.15) is 17.3 Å². The van der Waals surface area contributed by atoms with E-state index in [-0.39, 0.29) is 0 Å². The normalized spacial score (nSPS) is 10.0. The number of rotatable bonds is 1. The first-order chi connectivity index (χ1) is 5.95. The highest BCUT2D eigenvalue weighted by Crippen LogP contribution is 2.07. The zero-order valence-electron chi connectivity index (χ0n) is 7.12. The van der Waals surface area contributed by atoms with Crippen LogP contribution < -0.4 is 11.2 Å². The molecule has 0 aliphatic rings. The molecule has 6 heteroatoms. The third-order valence-electron chi connectivity index (χ3n) is 1.65. The highest BCUT2D eigenvalue weighted by atomic mass is 16.3. The van der Waals surface area contributed by atoms with Crippen molar-refractivity contribution < 1.29 is 9.90 Å². The number of hydrogen-bond acceptors (Lipinski definition) is 4. The topological polar surface area (TPSA) is 92.2 Å². The maximum absolute atomic E-state index is 11.0. The molecule has 1 aromatic rings. The quantitative estimate of drug-likeness (QED) is 0.546. The van der Waals surface area contributed by atoms with E-state index >= 15 is 0 Å². The highest BCUT2D eigenvalue weighted by Gasteiger charge is 2.15. The number of nitrogens with one attached hydrogen (secondary N) is 1. The number of ketones is 1. The van der Waals surface area contributed by atoms with E-state index in [1.165, 1.54) is 7.05 Å². The first-order valence-electron chi connectivity index (χ1n) is 3.48. The Morgan fingerprint density at radius 2 is 2.00 bits per heavy atom. The molecule has 0 amide bonds. The van der Waals surface area contributed by atoms with Gasteiger partial charge in [-0.15, -0.1) is 0 Å². The molecular formula is C7H8N2O4. The average Bonchev–Trinajstić information content (AvgIpc) is 1.99. The number of aromatic nitrogens is 2. The molecule has 2 N–H and O–H groups in total. The lowest BCUT2D eigenvalue weighted by molar-refractivity contribution is 0.101. The summed E-state index contributed by atoms with van der Waals surface area (Å²) in [5.41, 5.74) is -2.03. The summed E-state index contributed by atoms with van der Waals surface area (Å²) in [6.45, 7) is 1.13. The van der Waals surface area contributed by atoms with Gasteiger partial charge in [-0.2, -0.15) is 0 Å². The van der Waals surface area contributed by atoms with Crippen LogP contribution in [0, 0.1) is 0 Å². The minimum Gasteiger partial charge on any atom is -0.494 e. The highest BCUT2D eigenvalue weighted by molar-refractivity contribution is 5.95. The fourth-order valence-electron chi connectivity index (χ4n) is 0.926. The van der Waals surface area contributed by atoms with Crippen LogP contribution in [-0.2, 0) is 7.05 Å². The molecule has 0 saturated carbocycles. The molecule has 0 aliphatic carbocycles. The number of H-pyrrole nitrogens is 1. The van der Waals surface area contributed by atoms with Crippen LogP contribution in [0.4, 0.5) is 0 Å². The first-order valence-corrected chi connectivity index (χ1v) is 3.48. The monoisotopic (exact) mass is 184 g/mol. The SMILES string of the molecule is CC(=O)c1c(O)n(C)c(=O)[nH]c1=O. The molecule has 0 saturated heterocycles. The van der Waals surface area contributed by atoms with Gasteiger partial charge in [-0.3, -0.25) is 19.1 Å². The van der Waals surface area contributed by atoms with E-state index < -0.39 is 28.5 Å². The lowest BCUT2D eigenvalue weighted by atomic mass is 10.2. The molecule has 1 heterocycles. The van der Waals surface area contributed by atoms with E-state index in [9.17, 15) is 19.5 Å². The van der Waals surface area contributed by atoms with Crippen molar-refractivity contribution in [3.8, 4) is 5.88 Å². The lowest BCUT2D eigenvalue weighted by Gasteiger charge is -2.03. The van der Waals surface area contributed by atoms with E-state index in [2.05, 4.69) is 0 Å². The number of carbonyl (C=O) groups excluding carboxylic acids is 1. The van der Waals surface area contributed by atoms with Gasteiger partial charge in [0, 0.05) is 7.05 Å². The predicted molar refractivity (Wildman–Crippen MR) is 44.0 cm³/mol. The van der Waals surface area contributed by atoms with Crippen molar-refractivity contribution in [1.82, 2.24) is 9.55 Å². The minimum absolute atomic E-state index is 0.401. The standard InChI is InChI=1S/C7H8N2O4/c1-3(10)4-5(11)8-7(13)9(2)6(4)12/h12H,1-2H3,(H,8,11,13). The molecule has 70 valence electrons. The summed E-state index contributed by atoms with van der Waals surface area (Å²) in [5.74, 6) is -1.20. The molecule has 6 nitrogen and oxygen atoms in total. The molecule has 0 bridgehead atoms. The fraction of sp³-hybridized carbons (Fsp3) is 0.286. The van der Waals surface area contributed by atoms with E-state index in [1.807, 2.05) is 4.98 Å².